The first-order valence-corrected chi connectivity index (χ1v) is 7.72. The summed E-state index contributed by atoms with van der Waals surface area (Å²) in [4.78, 5) is 26.8. The summed E-state index contributed by atoms with van der Waals surface area (Å²) in [5.41, 5.74) is 1.88. The number of amides is 1. The fourth-order valence-corrected chi connectivity index (χ4v) is 3.53. The van der Waals surface area contributed by atoms with Gasteiger partial charge in [0.05, 0.1) is 12.1 Å². The smallest absolute Gasteiger partial charge is 0.254 e. The molecule has 2 saturated heterocycles. The van der Waals surface area contributed by atoms with Crippen molar-refractivity contribution in [2.24, 2.45) is 0 Å². The Morgan fingerprint density at radius 1 is 1.19 bits per heavy atom. The Balaban J connectivity index is 1.93. The Hall–Kier alpha value is -1.68. The molecule has 1 aromatic carbocycles. The van der Waals surface area contributed by atoms with Crippen LogP contribution in [0.2, 0.25) is 0 Å². The summed E-state index contributed by atoms with van der Waals surface area (Å²) < 4.78 is 0. The molecule has 0 spiro atoms. The van der Waals surface area contributed by atoms with Crippen molar-refractivity contribution >= 4 is 11.7 Å². The summed E-state index contributed by atoms with van der Waals surface area (Å²) in [5.74, 6) is 0.686. The van der Waals surface area contributed by atoms with E-state index in [1.165, 1.54) is 0 Å². The van der Waals surface area contributed by atoms with Crippen molar-refractivity contribution in [3.8, 4) is 0 Å². The van der Waals surface area contributed by atoms with Gasteiger partial charge in [-0.15, -0.1) is 0 Å². The number of ketones is 1. The predicted molar refractivity (Wildman–Crippen MR) is 81.4 cm³/mol. The molecular formula is C17H22N2O2. The Bertz CT molecular complexity index is 552. The van der Waals surface area contributed by atoms with Gasteiger partial charge in [-0.3, -0.25) is 9.59 Å². The minimum absolute atomic E-state index is 0.0118. The predicted octanol–water partition coefficient (Wildman–Crippen LogP) is 1.96. The average molecular weight is 286 g/mol. The first-order valence-electron chi connectivity index (χ1n) is 7.72. The number of piperazine rings is 1. The fourth-order valence-electron chi connectivity index (χ4n) is 3.53. The second-order valence-corrected chi connectivity index (χ2v) is 6.37. The molecule has 2 bridgehead atoms. The number of nitrogens with one attached hydrogen (secondary N) is 1. The molecule has 4 nitrogen and oxygen atoms in total. The van der Waals surface area contributed by atoms with Crippen LogP contribution in [0.4, 0.5) is 0 Å². The summed E-state index contributed by atoms with van der Waals surface area (Å²) >= 11 is 0. The van der Waals surface area contributed by atoms with Gasteiger partial charge in [-0.05, 0) is 17.5 Å². The normalized spacial score (nSPS) is 25.3. The van der Waals surface area contributed by atoms with Gasteiger partial charge >= 0.3 is 0 Å². The van der Waals surface area contributed by atoms with E-state index in [1.54, 1.807) is 0 Å². The molecule has 0 aromatic heterocycles. The molecule has 112 valence electrons. The lowest BCUT2D eigenvalue weighted by molar-refractivity contribution is -0.125. The lowest BCUT2D eigenvalue weighted by atomic mass is 9.89. The molecule has 1 amide bonds. The molecule has 1 aromatic rings. The van der Waals surface area contributed by atoms with Crippen LogP contribution in [0.3, 0.4) is 0 Å². The molecule has 2 atom stereocenters. The number of nitrogens with zero attached hydrogens (tertiary/aromatic N) is 1. The van der Waals surface area contributed by atoms with Gasteiger partial charge in [-0.1, -0.05) is 32.0 Å². The number of piperidine rings is 1. The zero-order valence-electron chi connectivity index (χ0n) is 12.6. The van der Waals surface area contributed by atoms with Gasteiger partial charge in [-0.25, -0.2) is 0 Å². The third-order valence-electron chi connectivity index (χ3n) is 4.52. The number of Topliss-reactive ketones (excluding diaryl/α,β-unsaturated/α-hetero) is 1. The molecule has 2 unspecified atom stereocenters. The molecule has 2 fully saturated rings. The van der Waals surface area contributed by atoms with Gasteiger partial charge in [0.2, 0.25) is 0 Å². The van der Waals surface area contributed by atoms with Gasteiger partial charge in [0, 0.05) is 31.5 Å². The standard InChI is InChI=1S/C17H22N2O2/c1-11(2)15-5-3-4-6-16(15)17(21)19-12-7-14(20)8-13(19)10-18-9-12/h3-6,11-13,18H,7-10H2,1-2H3. The van der Waals surface area contributed by atoms with E-state index in [4.69, 9.17) is 0 Å². The molecule has 1 N–H and O–H groups in total. The number of carbonyl (C=O) groups is 2. The third kappa shape index (κ3) is 2.60. The summed E-state index contributed by atoms with van der Waals surface area (Å²) in [5, 5.41) is 3.33. The van der Waals surface area contributed by atoms with Crippen molar-refractivity contribution in [3.63, 3.8) is 0 Å². The van der Waals surface area contributed by atoms with Crippen LogP contribution < -0.4 is 5.32 Å². The van der Waals surface area contributed by atoms with Crippen LogP contribution in [0, 0.1) is 0 Å². The molecule has 2 aliphatic heterocycles. The van der Waals surface area contributed by atoms with E-state index >= 15 is 0 Å². The molecule has 0 aliphatic carbocycles. The minimum Gasteiger partial charge on any atom is -0.329 e. The quantitative estimate of drug-likeness (QED) is 0.904. The molecule has 21 heavy (non-hydrogen) atoms. The highest BCUT2D eigenvalue weighted by molar-refractivity contribution is 5.97. The maximum atomic E-state index is 13.0. The number of carbonyl (C=O) groups excluding carboxylic acids is 2. The minimum atomic E-state index is 0.0118. The largest absolute Gasteiger partial charge is 0.329 e. The number of rotatable bonds is 2. The molecular weight excluding hydrogens is 264 g/mol. The highest BCUT2D eigenvalue weighted by Gasteiger charge is 2.40. The maximum absolute atomic E-state index is 13.0. The van der Waals surface area contributed by atoms with Crippen molar-refractivity contribution in [2.45, 2.75) is 44.7 Å². The summed E-state index contributed by atoms with van der Waals surface area (Å²) in [6.45, 7) is 5.65. The first kappa shape index (κ1) is 14.3. The Morgan fingerprint density at radius 2 is 1.81 bits per heavy atom. The lowest BCUT2D eigenvalue weighted by Crippen LogP contribution is -2.63. The molecule has 4 heteroatoms. The summed E-state index contributed by atoms with van der Waals surface area (Å²) in [6.07, 6.45) is 0.970. The van der Waals surface area contributed by atoms with Crippen LogP contribution in [0.1, 0.15) is 48.5 Å². The van der Waals surface area contributed by atoms with E-state index in [9.17, 15) is 9.59 Å². The highest BCUT2D eigenvalue weighted by atomic mass is 16.2. The number of hydrogen-bond acceptors (Lipinski definition) is 3. The SMILES string of the molecule is CC(C)c1ccccc1C(=O)N1C2CNCC1CC(=O)C2. The highest BCUT2D eigenvalue weighted by Crippen LogP contribution is 2.28. The van der Waals surface area contributed by atoms with Crippen molar-refractivity contribution in [2.75, 3.05) is 13.1 Å². The van der Waals surface area contributed by atoms with E-state index in [0.717, 1.165) is 24.2 Å². The summed E-state index contributed by atoms with van der Waals surface area (Å²) in [7, 11) is 0. The van der Waals surface area contributed by atoms with Crippen molar-refractivity contribution in [1.82, 2.24) is 10.2 Å². The van der Waals surface area contributed by atoms with Crippen LogP contribution in [0.5, 0.6) is 0 Å². The number of hydrogen-bond donors (Lipinski definition) is 1. The molecule has 3 rings (SSSR count). The average Bonchev–Trinajstić information content (AvgIpc) is 2.45. The molecule has 2 heterocycles. The van der Waals surface area contributed by atoms with Gasteiger partial charge in [0.1, 0.15) is 5.78 Å². The molecule has 0 radical (unpaired) electrons. The van der Waals surface area contributed by atoms with E-state index in [2.05, 4.69) is 19.2 Å². The van der Waals surface area contributed by atoms with E-state index in [-0.39, 0.29) is 23.8 Å². The van der Waals surface area contributed by atoms with Crippen molar-refractivity contribution < 1.29 is 9.59 Å². The number of fused-ring (bicyclic) bond motifs is 2. The van der Waals surface area contributed by atoms with Gasteiger partial charge < -0.3 is 10.2 Å². The third-order valence-corrected chi connectivity index (χ3v) is 4.52. The van der Waals surface area contributed by atoms with Crippen molar-refractivity contribution in [3.05, 3.63) is 35.4 Å². The van der Waals surface area contributed by atoms with E-state index in [1.807, 2.05) is 29.2 Å². The lowest BCUT2D eigenvalue weighted by Gasteiger charge is -2.46. The second kappa shape index (κ2) is 5.60. The van der Waals surface area contributed by atoms with Crippen LogP contribution in [0.25, 0.3) is 0 Å². The van der Waals surface area contributed by atoms with Gasteiger partial charge in [0.15, 0.2) is 0 Å². The van der Waals surface area contributed by atoms with Crippen LogP contribution in [0.15, 0.2) is 24.3 Å². The topological polar surface area (TPSA) is 49.4 Å². The Morgan fingerprint density at radius 3 is 2.43 bits per heavy atom. The van der Waals surface area contributed by atoms with Crippen LogP contribution in [-0.4, -0.2) is 41.8 Å². The van der Waals surface area contributed by atoms with Crippen LogP contribution >= 0.6 is 0 Å². The first-order chi connectivity index (χ1) is 10.1. The van der Waals surface area contributed by atoms with Crippen molar-refractivity contribution in [1.29, 1.82) is 0 Å². The number of benzene rings is 1. The van der Waals surface area contributed by atoms with E-state index in [0.29, 0.717) is 18.8 Å². The Kier molecular flexibility index (Phi) is 3.81. The van der Waals surface area contributed by atoms with Gasteiger partial charge in [-0.2, -0.15) is 0 Å². The second-order valence-electron chi connectivity index (χ2n) is 6.37. The Labute approximate surface area is 125 Å². The molecule has 0 saturated carbocycles. The summed E-state index contributed by atoms with van der Waals surface area (Å²) in [6, 6.07) is 7.87. The van der Waals surface area contributed by atoms with E-state index < -0.39 is 0 Å². The maximum Gasteiger partial charge on any atom is 0.254 e. The van der Waals surface area contributed by atoms with Gasteiger partial charge in [0.25, 0.3) is 5.91 Å². The fraction of sp³-hybridized carbons (Fsp3) is 0.529. The zero-order chi connectivity index (χ0) is 15.0. The zero-order valence-corrected chi connectivity index (χ0v) is 12.6. The van der Waals surface area contributed by atoms with Crippen LogP contribution in [-0.2, 0) is 4.79 Å². The monoisotopic (exact) mass is 286 g/mol. The molecule has 2 aliphatic rings.